The Bertz CT molecular complexity index is 441. The van der Waals surface area contributed by atoms with Crippen LogP contribution in [0.3, 0.4) is 0 Å². The molecule has 1 aromatic carbocycles. The van der Waals surface area contributed by atoms with E-state index in [-0.39, 0.29) is 5.82 Å². The van der Waals surface area contributed by atoms with E-state index >= 15 is 0 Å². The van der Waals surface area contributed by atoms with Crippen LogP contribution in [0.1, 0.15) is 38.7 Å². The molecule has 0 aromatic heterocycles. The molecular formula is C18H29FN2. The zero-order valence-electron chi connectivity index (χ0n) is 13.8. The summed E-state index contributed by atoms with van der Waals surface area (Å²) in [6, 6.07) is 7.42. The van der Waals surface area contributed by atoms with Crippen LogP contribution in [0.4, 0.5) is 4.39 Å². The molecule has 2 nitrogen and oxygen atoms in total. The van der Waals surface area contributed by atoms with E-state index in [1.807, 2.05) is 12.1 Å². The van der Waals surface area contributed by atoms with E-state index in [2.05, 4.69) is 38.2 Å². The number of nitrogens with zero attached hydrogens (tertiary/aromatic N) is 1. The SMILES string of the molecule is CNC1C(CN(C)Cc2ccc(F)cc2)CCCC1(C)C. The Morgan fingerprint density at radius 3 is 2.57 bits per heavy atom. The van der Waals surface area contributed by atoms with Crippen molar-refractivity contribution < 1.29 is 4.39 Å². The molecule has 0 amide bonds. The van der Waals surface area contributed by atoms with E-state index in [0.29, 0.717) is 17.4 Å². The van der Waals surface area contributed by atoms with Crippen molar-refractivity contribution in [2.75, 3.05) is 20.6 Å². The summed E-state index contributed by atoms with van der Waals surface area (Å²) in [4.78, 5) is 2.36. The average molecular weight is 292 g/mol. The number of hydrogen-bond donors (Lipinski definition) is 1. The van der Waals surface area contributed by atoms with Crippen LogP contribution in [-0.4, -0.2) is 31.6 Å². The summed E-state index contributed by atoms with van der Waals surface area (Å²) in [6.07, 6.45) is 3.92. The third-order valence-electron chi connectivity index (χ3n) is 4.93. The Balaban J connectivity index is 1.94. The molecule has 0 heterocycles. The third kappa shape index (κ3) is 4.27. The molecule has 1 saturated carbocycles. The van der Waals surface area contributed by atoms with Gasteiger partial charge in [0.1, 0.15) is 5.82 Å². The molecule has 3 heteroatoms. The van der Waals surface area contributed by atoms with Crippen molar-refractivity contribution in [1.29, 1.82) is 0 Å². The average Bonchev–Trinajstić information content (AvgIpc) is 2.40. The van der Waals surface area contributed by atoms with Crippen molar-refractivity contribution in [1.82, 2.24) is 10.2 Å². The first-order valence-electron chi connectivity index (χ1n) is 8.02. The minimum Gasteiger partial charge on any atom is -0.316 e. The van der Waals surface area contributed by atoms with Gasteiger partial charge in [0.25, 0.3) is 0 Å². The van der Waals surface area contributed by atoms with E-state index in [9.17, 15) is 4.39 Å². The highest BCUT2D eigenvalue weighted by atomic mass is 19.1. The Kier molecular flexibility index (Phi) is 5.39. The summed E-state index contributed by atoms with van der Waals surface area (Å²) >= 11 is 0. The quantitative estimate of drug-likeness (QED) is 0.891. The fraction of sp³-hybridized carbons (Fsp3) is 0.667. The van der Waals surface area contributed by atoms with Gasteiger partial charge in [-0.25, -0.2) is 4.39 Å². The molecule has 1 N–H and O–H groups in total. The first kappa shape index (κ1) is 16.4. The zero-order valence-corrected chi connectivity index (χ0v) is 13.8. The first-order valence-corrected chi connectivity index (χ1v) is 8.02. The summed E-state index contributed by atoms with van der Waals surface area (Å²) in [6.45, 7) is 6.72. The van der Waals surface area contributed by atoms with E-state index in [1.165, 1.54) is 24.8 Å². The van der Waals surface area contributed by atoms with Gasteiger partial charge in [0.05, 0.1) is 0 Å². The third-order valence-corrected chi connectivity index (χ3v) is 4.93. The number of benzene rings is 1. The van der Waals surface area contributed by atoms with Crippen molar-refractivity contribution >= 4 is 0 Å². The van der Waals surface area contributed by atoms with Crippen molar-refractivity contribution in [3.8, 4) is 0 Å². The summed E-state index contributed by atoms with van der Waals surface area (Å²) in [7, 11) is 4.25. The predicted molar refractivity (Wildman–Crippen MR) is 86.7 cm³/mol. The lowest BCUT2D eigenvalue weighted by Crippen LogP contribution is -2.51. The van der Waals surface area contributed by atoms with Crippen LogP contribution in [0.5, 0.6) is 0 Å². The van der Waals surface area contributed by atoms with Crippen LogP contribution >= 0.6 is 0 Å². The Morgan fingerprint density at radius 2 is 1.95 bits per heavy atom. The Labute approximate surface area is 128 Å². The number of nitrogens with one attached hydrogen (secondary N) is 1. The molecule has 2 rings (SSSR count). The van der Waals surface area contributed by atoms with Crippen molar-refractivity contribution in [2.24, 2.45) is 11.3 Å². The van der Waals surface area contributed by atoms with Crippen molar-refractivity contribution in [2.45, 2.75) is 45.7 Å². The monoisotopic (exact) mass is 292 g/mol. The second kappa shape index (κ2) is 6.89. The number of halogens is 1. The van der Waals surface area contributed by atoms with E-state index in [4.69, 9.17) is 0 Å². The van der Waals surface area contributed by atoms with Gasteiger partial charge < -0.3 is 10.2 Å². The second-order valence-electron chi connectivity index (χ2n) is 7.23. The summed E-state index contributed by atoms with van der Waals surface area (Å²) in [5.74, 6) is 0.523. The van der Waals surface area contributed by atoms with Gasteiger partial charge in [-0.15, -0.1) is 0 Å². The molecule has 21 heavy (non-hydrogen) atoms. The smallest absolute Gasteiger partial charge is 0.123 e. The summed E-state index contributed by atoms with van der Waals surface area (Å²) in [5.41, 5.74) is 1.55. The molecule has 0 bridgehead atoms. The molecule has 2 atom stereocenters. The molecular weight excluding hydrogens is 263 g/mol. The lowest BCUT2D eigenvalue weighted by Gasteiger charge is -2.45. The second-order valence-corrected chi connectivity index (χ2v) is 7.23. The van der Waals surface area contributed by atoms with E-state index in [0.717, 1.165) is 13.1 Å². The van der Waals surface area contributed by atoms with Gasteiger partial charge in [-0.2, -0.15) is 0 Å². The van der Waals surface area contributed by atoms with Gasteiger partial charge in [-0.05, 0) is 56.0 Å². The molecule has 0 saturated heterocycles. The summed E-state index contributed by atoms with van der Waals surface area (Å²) < 4.78 is 13.0. The highest BCUT2D eigenvalue weighted by Gasteiger charge is 2.38. The molecule has 1 aliphatic rings. The van der Waals surface area contributed by atoms with Gasteiger partial charge in [0.15, 0.2) is 0 Å². The Hall–Kier alpha value is -0.930. The maximum atomic E-state index is 13.0. The first-order chi connectivity index (χ1) is 9.92. The van der Waals surface area contributed by atoms with E-state index in [1.54, 1.807) is 12.1 Å². The van der Waals surface area contributed by atoms with Gasteiger partial charge in [0.2, 0.25) is 0 Å². The largest absolute Gasteiger partial charge is 0.316 e. The minimum atomic E-state index is -0.161. The van der Waals surface area contributed by atoms with Crippen molar-refractivity contribution in [3.05, 3.63) is 35.6 Å². The number of hydrogen-bond acceptors (Lipinski definition) is 2. The molecule has 2 unspecified atom stereocenters. The lowest BCUT2D eigenvalue weighted by molar-refractivity contribution is 0.0888. The minimum absolute atomic E-state index is 0.161. The number of rotatable bonds is 5. The normalized spacial score (nSPS) is 25.2. The summed E-state index contributed by atoms with van der Waals surface area (Å²) in [5, 5.41) is 3.54. The molecule has 1 aliphatic carbocycles. The highest BCUT2D eigenvalue weighted by molar-refractivity contribution is 5.15. The zero-order chi connectivity index (χ0) is 15.5. The Morgan fingerprint density at radius 1 is 1.29 bits per heavy atom. The van der Waals surface area contributed by atoms with Crippen molar-refractivity contribution in [3.63, 3.8) is 0 Å². The maximum absolute atomic E-state index is 13.0. The van der Waals surface area contributed by atoms with Gasteiger partial charge in [-0.1, -0.05) is 32.4 Å². The fourth-order valence-electron chi connectivity index (χ4n) is 3.97. The van der Waals surface area contributed by atoms with Gasteiger partial charge >= 0.3 is 0 Å². The highest BCUT2D eigenvalue weighted by Crippen LogP contribution is 2.39. The predicted octanol–water partition coefficient (Wildman–Crippen LogP) is 3.67. The van der Waals surface area contributed by atoms with Crippen LogP contribution in [-0.2, 0) is 6.54 Å². The lowest BCUT2D eigenvalue weighted by atomic mass is 9.68. The molecule has 0 aliphatic heterocycles. The van der Waals surface area contributed by atoms with Crippen LogP contribution < -0.4 is 5.32 Å². The van der Waals surface area contributed by atoms with Crippen LogP contribution in [0, 0.1) is 17.2 Å². The fourth-order valence-corrected chi connectivity index (χ4v) is 3.97. The topological polar surface area (TPSA) is 15.3 Å². The molecule has 118 valence electrons. The van der Waals surface area contributed by atoms with Crippen LogP contribution in [0.25, 0.3) is 0 Å². The van der Waals surface area contributed by atoms with Crippen LogP contribution in [0.15, 0.2) is 24.3 Å². The van der Waals surface area contributed by atoms with Gasteiger partial charge in [-0.3, -0.25) is 0 Å². The van der Waals surface area contributed by atoms with E-state index < -0.39 is 0 Å². The molecule has 1 fully saturated rings. The molecule has 1 aromatic rings. The molecule has 0 spiro atoms. The van der Waals surface area contributed by atoms with Gasteiger partial charge in [0, 0.05) is 19.1 Å². The van der Waals surface area contributed by atoms with Crippen LogP contribution in [0.2, 0.25) is 0 Å². The molecule has 0 radical (unpaired) electrons. The maximum Gasteiger partial charge on any atom is 0.123 e. The standard InChI is InChI=1S/C18H29FN2/c1-18(2)11-5-6-15(17(18)20-3)13-21(4)12-14-7-9-16(19)10-8-14/h7-10,15,17,20H,5-6,11-13H2,1-4H3.